The highest BCUT2D eigenvalue weighted by atomic mass is 16.5. The Morgan fingerprint density at radius 2 is 2.05 bits per heavy atom. The first-order chi connectivity index (χ1) is 9.74. The Hall–Kier alpha value is -1.73. The second-order valence-corrected chi connectivity index (χ2v) is 5.07. The number of benzene rings is 1. The van der Waals surface area contributed by atoms with E-state index in [-0.39, 0.29) is 6.10 Å². The largest absolute Gasteiger partial charge is 0.490 e. The lowest BCUT2D eigenvalue weighted by molar-refractivity contribution is 0.0302. The molecule has 0 spiro atoms. The molecular weight excluding hydrogens is 254 g/mol. The molecule has 2 rings (SSSR count). The average Bonchev–Trinajstić information content (AvgIpc) is 2.66. The van der Waals surface area contributed by atoms with Crippen LogP contribution in [0.3, 0.4) is 0 Å². The minimum Gasteiger partial charge on any atom is -0.490 e. The van der Waals surface area contributed by atoms with E-state index in [9.17, 15) is 5.11 Å². The van der Waals surface area contributed by atoms with Crippen molar-refractivity contribution < 1.29 is 14.6 Å². The molecule has 0 aromatic heterocycles. The van der Waals surface area contributed by atoms with Gasteiger partial charge < -0.3 is 14.6 Å². The van der Waals surface area contributed by atoms with Gasteiger partial charge in [0.1, 0.15) is 6.10 Å². The molecule has 1 aromatic rings. The van der Waals surface area contributed by atoms with Gasteiger partial charge in [0, 0.05) is 6.07 Å². The predicted octanol–water partition coefficient (Wildman–Crippen LogP) is 3.03. The first kappa shape index (κ1) is 14.7. The second-order valence-electron chi connectivity index (χ2n) is 5.07. The summed E-state index contributed by atoms with van der Waals surface area (Å²) in [5.41, 5.74) is 0.544. The van der Waals surface area contributed by atoms with Gasteiger partial charge in [0.2, 0.25) is 0 Å². The zero-order valence-corrected chi connectivity index (χ0v) is 11.8. The predicted molar refractivity (Wildman–Crippen MR) is 75.8 cm³/mol. The molecule has 0 heterocycles. The average molecular weight is 275 g/mol. The normalized spacial score (nSPS) is 22.6. The van der Waals surface area contributed by atoms with Crippen molar-refractivity contribution in [1.82, 2.24) is 0 Å². The Morgan fingerprint density at radius 3 is 2.80 bits per heavy atom. The van der Waals surface area contributed by atoms with Crippen LogP contribution in [0.25, 0.3) is 0 Å². The molecule has 1 saturated carbocycles. The van der Waals surface area contributed by atoms with Crippen LogP contribution in [0.1, 0.15) is 44.6 Å². The highest BCUT2D eigenvalue weighted by Crippen LogP contribution is 2.31. The molecule has 0 aliphatic heterocycles. The zero-order valence-electron chi connectivity index (χ0n) is 11.8. The van der Waals surface area contributed by atoms with Crippen molar-refractivity contribution in [3.63, 3.8) is 0 Å². The molecule has 2 unspecified atom stereocenters. The summed E-state index contributed by atoms with van der Waals surface area (Å²) in [7, 11) is 0. The van der Waals surface area contributed by atoms with Crippen LogP contribution in [0.5, 0.6) is 11.5 Å². The molecule has 0 amide bonds. The molecule has 4 heteroatoms. The molecular formula is C16H21NO3. The van der Waals surface area contributed by atoms with Gasteiger partial charge in [-0.25, -0.2) is 0 Å². The van der Waals surface area contributed by atoms with Crippen molar-refractivity contribution >= 4 is 0 Å². The highest BCUT2D eigenvalue weighted by molar-refractivity contribution is 5.46. The molecule has 0 bridgehead atoms. The fourth-order valence-electron chi connectivity index (χ4n) is 2.50. The lowest BCUT2D eigenvalue weighted by atomic mass is 10.1. The van der Waals surface area contributed by atoms with Crippen molar-refractivity contribution in [2.45, 2.75) is 51.2 Å². The lowest BCUT2D eigenvalue weighted by Crippen LogP contribution is -2.30. The van der Waals surface area contributed by atoms with Gasteiger partial charge in [-0.15, -0.1) is 0 Å². The van der Waals surface area contributed by atoms with E-state index in [1.54, 1.807) is 18.2 Å². The standard InChI is InChI=1S/C16H21NO3/c1-2-19-16-10-12(11-17)8-9-15(16)20-14-7-5-3-4-6-13(14)18/h8-10,13-14,18H,2-7H2,1H3. The minimum atomic E-state index is -0.428. The molecule has 4 nitrogen and oxygen atoms in total. The summed E-state index contributed by atoms with van der Waals surface area (Å²) >= 11 is 0. The van der Waals surface area contributed by atoms with Gasteiger partial charge >= 0.3 is 0 Å². The minimum absolute atomic E-state index is 0.190. The molecule has 20 heavy (non-hydrogen) atoms. The van der Waals surface area contributed by atoms with Crippen LogP contribution in [0.15, 0.2) is 18.2 Å². The maximum Gasteiger partial charge on any atom is 0.162 e. The Labute approximate surface area is 119 Å². The van der Waals surface area contributed by atoms with Crippen LogP contribution in [-0.4, -0.2) is 23.9 Å². The molecule has 108 valence electrons. The molecule has 2 atom stereocenters. The summed E-state index contributed by atoms with van der Waals surface area (Å²) in [4.78, 5) is 0. The van der Waals surface area contributed by atoms with Gasteiger partial charge in [-0.2, -0.15) is 5.26 Å². The Kier molecular flexibility index (Phi) is 5.25. The smallest absolute Gasteiger partial charge is 0.162 e. The van der Waals surface area contributed by atoms with Gasteiger partial charge in [-0.05, 0) is 38.3 Å². The summed E-state index contributed by atoms with van der Waals surface area (Å²) in [6, 6.07) is 7.23. The number of aliphatic hydroxyl groups excluding tert-OH is 1. The first-order valence-corrected chi connectivity index (χ1v) is 7.26. The van der Waals surface area contributed by atoms with Gasteiger partial charge in [0.05, 0.1) is 24.3 Å². The maximum absolute atomic E-state index is 10.1. The second kappa shape index (κ2) is 7.16. The van der Waals surface area contributed by atoms with Crippen LogP contribution in [0, 0.1) is 11.3 Å². The summed E-state index contributed by atoms with van der Waals surface area (Å²) in [5, 5.41) is 19.0. The number of nitrogens with zero attached hydrogens (tertiary/aromatic N) is 1. The lowest BCUT2D eigenvalue weighted by Gasteiger charge is -2.23. The Morgan fingerprint density at radius 1 is 1.25 bits per heavy atom. The summed E-state index contributed by atoms with van der Waals surface area (Å²) in [6.07, 6.45) is 4.28. The monoisotopic (exact) mass is 275 g/mol. The molecule has 0 saturated heterocycles. The van der Waals surface area contributed by atoms with E-state index < -0.39 is 6.10 Å². The third-order valence-corrected chi connectivity index (χ3v) is 3.57. The first-order valence-electron chi connectivity index (χ1n) is 7.26. The van der Waals surface area contributed by atoms with Gasteiger partial charge in [0.25, 0.3) is 0 Å². The van der Waals surface area contributed by atoms with Crippen LogP contribution in [0.2, 0.25) is 0 Å². The highest BCUT2D eigenvalue weighted by Gasteiger charge is 2.24. The molecule has 1 fully saturated rings. The molecule has 1 aliphatic carbocycles. The quantitative estimate of drug-likeness (QED) is 0.858. The number of ether oxygens (including phenoxy) is 2. The molecule has 1 aromatic carbocycles. The van der Waals surface area contributed by atoms with E-state index in [0.29, 0.717) is 23.7 Å². The van der Waals surface area contributed by atoms with E-state index in [4.69, 9.17) is 14.7 Å². The van der Waals surface area contributed by atoms with E-state index in [0.717, 1.165) is 32.1 Å². The number of rotatable bonds is 4. The van der Waals surface area contributed by atoms with Crippen LogP contribution >= 0.6 is 0 Å². The van der Waals surface area contributed by atoms with E-state index in [2.05, 4.69) is 6.07 Å². The van der Waals surface area contributed by atoms with E-state index >= 15 is 0 Å². The van der Waals surface area contributed by atoms with E-state index in [1.807, 2.05) is 6.92 Å². The number of aliphatic hydroxyl groups is 1. The van der Waals surface area contributed by atoms with Gasteiger partial charge in [-0.3, -0.25) is 0 Å². The summed E-state index contributed by atoms with van der Waals surface area (Å²) in [5.74, 6) is 1.18. The topological polar surface area (TPSA) is 62.5 Å². The van der Waals surface area contributed by atoms with Gasteiger partial charge in [-0.1, -0.05) is 12.8 Å². The fourth-order valence-corrected chi connectivity index (χ4v) is 2.50. The zero-order chi connectivity index (χ0) is 14.4. The molecule has 1 N–H and O–H groups in total. The van der Waals surface area contributed by atoms with Crippen LogP contribution < -0.4 is 9.47 Å². The number of hydrogen-bond acceptors (Lipinski definition) is 4. The van der Waals surface area contributed by atoms with Crippen LogP contribution in [0.4, 0.5) is 0 Å². The van der Waals surface area contributed by atoms with Crippen molar-refractivity contribution in [3.8, 4) is 17.6 Å². The fraction of sp³-hybridized carbons (Fsp3) is 0.562. The molecule has 0 radical (unpaired) electrons. The Bertz CT molecular complexity index is 481. The van der Waals surface area contributed by atoms with Gasteiger partial charge in [0.15, 0.2) is 11.5 Å². The van der Waals surface area contributed by atoms with Crippen molar-refractivity contribution in [1.29, 1.82) is 5.26 Å². The SMILES string of the molecule is CCOc1cc(C#N)ccc1OC1CCCCCC1O. The molecule has 1 aliphatic rings. The maximum atomic E-state index is 10.1. The third-order valence-electron chi connectivity index (χ3n) is 3.57. The Balaban J connectivity index is 2.16. The van der Waals surface area contributed by atoms with Crippen molar-refractivity contribution in [3.05, 3.63) is 23.8 Å². The number of hydrogen-bond donors (Lipinski definition) is 1. The van der Waals surface area contributed by atoms with Crippen LogP contribution in [-0.2, 0) is 0 Å². The third kappa shape index (κ3) is 3.64. The van der Waals surface area contributed by atoms with Crippen molar-refractivity contribution in [2.75, 3.05) is 6.61 Å². The van der Waals surface area contributed by atoms with Crippen molar-refractivity contribution in [2.24, 2.45) is 0 Å². The van der Waals surface area contributed by atoms with E-state index in [1.165, 1.54) is 0 Å². The summed E-state index contributed by atoms with van der Waals surface area (Å²) in [6.45, 7) is 2.40. The summed E-state index contributed by atoms with van der Waals surface area (Å²) < 4.78 is 11.5. The number of nitriles is 1.